The van der Waals surface area contributed by atoms with Crippen LogP contribution in [0.5, 0.6) is 0 Å². The number of nitriles is 1. The van der Waals surface area contributed by atoms with E-state index in [1.165, 1.54) is 5.56 Å². The van der Waals surface area contributed by atoms with Crippen molar-refractivity contribution in [2.75, 3.05) is 18.5 Å². The number of aryl methyl sites for hydroxylation is 1. The molecule has 1 atom stereocenters. The largest absolute Gasteiger partial charge is 0.373 e. The Bertz CT molecular complexity index is 390. The zero-order chi connectivity index (χ0) is 12.1. The maximum absolute atomic E-state index is 9.11. The lowest BCUT2D eigenvalue weighted by atomic mass is 10.0. The van der Waals surface area contributed by atoms with Gasteiger partial charge in [0.1, 0.15) is 6.07 Å². The van der Waals surface area contributed by atoms with Crippen LogP contribution in [0.3, 0.4) is 0 Å². The third-order valence-electron chi connectivity index (χ3n) is 3.02. The average molecular weight is 216 g/mol. The minimum atomic E-state index is 0.649. The molecule has 0 N–H and O–H groups in total. The zero-order valence-corrected chi connectivity index (χ0v) is 10.6. The van der Waals surface area contributed by atoms with Gasteiger partial charge in [0.2, 0.25) is 0 Å². The summed E-state index contributed by atoms with van der Waals surface area (Å²) in [7, 11) is 2.06. The van der Waals surface area contributed by atoms with Crippen molar-refractivity contribution in [3.63, 3.8) is 0 Å². The standard InChI is InChI=1S/C14H20N2/c1-5-11(2)10-16(4)14-12(3)7-6-8-13(14)9-15/h6-8,11H,5,10H2,1-4H3. The molecule has 0 amide bonds. The summed E-state index contributed by atoms with van der Waals surface area (Å²) in [6.07, 6.45) is 1.16. The molecule has 2 nitrogen and oxygen atoms in total. The summed E-state index contributed by atoms with van der Waals surface area (Å²) in [5.74, 6) is 0.649. The molecule has 1 aromatic carbocycles. The highest BCUT2D eigenvalue weighted by Gasteiger charge is 2.11. The summed E-state index contributed by atoms with van der Waals surface area (Å²) in [6, 6.07) is 8.15. The first-order chi connectivity index (χ1) is 7.60. The van der Waals surface area contributed by atoms with E-state index in [4.69, 9.17) is 5.26 Å². The molecule has 0 bridgehead atoms. The summed E-state index contributed by atoms with van der Waals surface area (Å²) in [5.41, 5.74) is 3.01. The van der Waals surface area contributed by atoms with Crippen molar-refractivity contribution < 1.29 is 0 Å². The SMILES string of the molecule is CCC(C)CN(C)c1c(C)cccc1C#N. The molecule has 0 fully saturated rings. The van der Waals surface area contributed by atoms with Gasteiger partial charge in [0.15, 0.2) is 0 Å². The van der Waals surface area contributed by atoms with Crippen LogP contribution in [-0.4, -0.2) is 13.6 Å². The van der Waals surface area contributed by atoms with E-state index in [2.05, 4.69) is 44.9 Å². The van der Waals surface area contributed by atoms with E-state index >= 15 is 0 Å². The molecule has 0 aliphatic carbocycles. The minimum absolute atomic E-state index is 0.649. The van der Waals surface area contributed by atoms with Gasteiger partial charge >= 0.3 is 0 Å². The van der Waals surface area contributed by atoms with Crippen LogP contribution in [0.4, 0.5) is 5.69 Å². The highest BCUT2D eigenvalue weighted by atomic mass is 15.1. The van der Waals surface area contributed by atoms with Gasteiger partial charge in [-0.05, 0) is 24.5 Å². The maximum Gasteiger partial charge on any atom is 0.101 e. The lowest BCUT2D eigenvalue weighted by Crippen LogP contribution is -2.25. The van der Waals surface area contributed by atoms with Crippen LogP contribution in [0.1, 0.15) is 31.4 Å². The van der Waals surface area contributed by atoms with Gasteiger partial charge in [0.25, 0.3) is 0 Å². The number of hydrogen-bond donors (Lipinski definition) is 0. The second-order valence-electron chi connectivity index (χ2n) is 4.48. The molecule has 0 aliphatic rings. The molecule has 1 aromatic rings. The predicted octanol–water partition coefficient (Wildman–Crippen LogP) is 3.35. The molecule has 1 rings (SSSR count). The number of anilines is 1. The summed E-state index contributed by atoms with van der Waals surface area (Å²) < 4.78 is 0. The van der Waals surface area contributed by atoms with E-state index < -0.39 is 0 Å². The first-order valence-electron chi connectivity index (χ1n) is 5.81. The molecular weight excluding hydrogens is 196 g/mol. The zero-order valence-electron chi connectivity index (χ0n) is 10.6. The maximum atomic E-state index is 9.11. The quantitative estimate of drug-likeness (QED) is 0.771. The number of para-hydroxylation sites is 1. The van der Waals surface area contributed by atoms with Crippen LogP contribution in [0.2, 0.25) is 0 Å². The van der Waals surface area contributed by atoms with Crippen LogP contribution < -0.4 is 4.90 Å². The fourth-order valence-corrected chi connectivity index (χ4v) is 1.94. The van der Waals surface area contributed by atoms with E-state index in [0.717, 1.165) is 24.2 Å². The van der Waals surface area contributed by atoms with Gasteiger partial charge in [0, 0.05) is 13.6 Å². The Morgan fingerprint density at radius 3 is 2.69 bits per heavy atom. The lowest BCUT2D eigenvalue weighted by molar-refractivity contribution is 0.559. The van der Waals surface area contributed by atoms with Gasteiger partial charge in [-0.1, -0.05) is 32.4 Å². The second-order valence-corrected chi connectivity index (χ2v) is 4.48. The highest BCUT2D eigenvalue weighted by molar-refractivity contribution is 5.63. The van der Waals surface area contributed by atoms with Crippen molar-refractivity contribution >= 4 is 5.69 Å². The summed E-state index contributed by atoms with van der Waals surface area (Å²) in [4.78, 5) is 2.20. The van der Waals surface area contributed by atoms with Gasteiger partial charge in [-0.3, -0.25) is 0 Å². The van der Waals surface area contributed by atoms with Crippen molar-refractivity contribution in [1.82, 2.24) is 0 Å². The van der Waals surface area contributed by atoms with Gasteiger partial charge in [-0.25, -0.2) is 0 Å². The van der Waals surface area contributed by atoms with Crippen molar-refractivity contribution in [2.45, 2.75) is 27.2 Å². The first-order valence-corrected chi connectivity index (χ1v) is 5.81. The van der Waals surface area contributed by atoms with Crippen molar-refractivity contribution in [3.8, 4) is 6.07 Å². The molecule has 0 aliphatic heterocycles. The first kappa shape index (κ1) is 12.6. The highest BCUT2D eigenvalue weighted by Crippen LogP contribution is 2.24. The molecule has 1 unspecified atom stereocenters. The van der Waals surface area contributed by atoms with E-state index in [-0.39, 0.29) is 0 Å². The summed E-state index contributed by atoms with van der Waals surface area (Å²) in [5, 5.41) is 9.11. The van der Waals surface area contributed by atoms with E-state index in [0.29, 0.717) is 5.92 Å². The van der Waals surface area contributed by atoms with Crippen molar-refractivity contribution in [1.29, 1.82) is 5.26 Å². The average Bonchev–Trinajstić information content (AvgIpc) is 2.28. The molecular formula is C14H20N2. The molecule has 0 heterocycles. The van der Waals surface area contributed by atoms with Gasteiger partial charge in [-0.15, -0.1) is 0 Å². The number of benzene rings is 1. The third-order valence-corrected chi connectivity index (χ3v) is 3.02. The normalized spacial score (nSPS) is 11.9. The van der Waals surface area contributed by atoms with E-state index in [1.807, 2.05) is 12.1 Å². The summed E-state index contributed by atoms with van der Waals surface area (Å²) in [6.45, 7) is 7.49. The Kier molecular flexibility index (Phi) is 4.37. The smallest absolute Gasteiger partial charge is 0.101 e. The summed E-state index contributed by atoms with van der Waals surface area (Å²) >= 11 is 0. The second kappa shape index (κ2) is 5.55. The lowest BCUT2D eigenvalue weighted by Gasteiger charge is -2.25. The Morgan fingerprint density at radius 1 is 1.44 bits per heavy atom. The van der Waals surface area contributed by atoms with Gasteiger partial charge < -0.3 is 4.90 Å². The van der Waals surface area contributed by atoms with Gasteiger partial charge in [0.05, 0.1) is 11.3 Å². The fourth-order valence-electron chi connectivity index (χ4n) is 1.94. The third kappa shape index (κ3) is 2.76. The monoisotopic (exact) mass is 216 g/mol. The van der Waals surface area contributed by atoms with E-state index in [1.54, 1.807) is 0 Å². The predicted molar refractivity (Wildman–Crippen MR) is 68.6 cm³/mol. The van der Waals surface area contributed by atoms with Crippen molar-refractivity contribution in [2.24, 2.45) is 5.92 Å². The van der Waals surface area contributed by atoms with Crippen LogP contribution >= 0.6 is 0 Å². The molecule has 0 saturated heterocycles. The Morgan fingerprint density at radius 2 is 2.12 bits per heavy atom. The van der Waals surface area contributed by atoms with Crippen LogP contribution in [0, 0.1) is 24.2 Å². The Balaban J connectivity index is 2.99. The minimum Gasteiger partial charge on any atom is -0.373 e. The van der Waals surface area contributed by atoms with Crippen LogP contribution in [0.25, 0.3) is 0 Å². The number of hydrogen-bond acceptors (Lipinski definition) is 2. The van der Waals surface area contributed by atoms with Crippen LogP contribution in [-0.2, 0) is 0 Å². The fraction of sp³-hybridized carbons (Fsp3) is 0.500. The molecule has 0 saturated carbocycles. The Hall–Kier alpha value is -1.49. The molecule has 2 heteroatoms. The molecule has 16 heavy (non-hydrogen) atoms. The number of nitrogens with zero attached hydrogens (tertiary/aromatic N) is 2. The van der Waals surface area contributed by atoms with Crippen molar-refractivity contribution in [3.05, 3.63) is 29.3 Å². The molecule has 0 spiro atoms. The molecule has 86 valence electrons. The van der Waals surface area contributed by atoms with E-state index in [9.17, 15) is 0 Å². The Labute approximate surface area is 98.5 Å². The molecule has 0 radical (unpaired) electrons. The number of rotatable bonds is 4. The molecule has 0 aromatic heterocycles. The van der Waals surface area contributed by atoms with Crippen LogP contribution in [0.15, 0.2) is 18.2 Å². The van der Waals surface area contributed by atoms with Gasteiger partial charge in [-0.2, -0.15) is 5.26 Å². The topological polar surface area (TPSA) is 27.0 Å².